The van der Waals surface area contributed by atoms with Crippen LogP contribution in [0.5, 0.6) is 0 Å². The molecule has 1 aromatic heterocycles. The lowest BCUT2D eigenvalue weighted by Crippen LogP contribution is -2.29. The first-order valence-corrected chi connectivity index (χ1v) is 7.70. The molecule has 1 unspecified atom stereocenters. The molecule has 1 amide bonds. The third-order valence-corrected chi connectivity index (χ3v) is 3.66. The number of aromatic carboxylic acids is 1. The van der Waals surface area contributed by atoms with Crippen LogP contribution in [0, 0.1) is 17.0 Å². The van der Waals surface area contributed by atoms with Crippen LogP contribution in [0.25, 0.3) is 0 Å². The van der Waals surface area contributed by atoms with Gasteiger partial charge in [0.25, 0.3) is 11.6 Å². The smallest absolute Gasteiger partial charge is 0.335 e. The van der Waals surface area contributed by atoms with Crippen molar-refractivity contribution in [2.75, 3.05) is 13.7 Å². The van der Waals surface area contributed by atoms with Crippen molar-refractivity contribution in [3.05, 3.63) is 63.1 Å². The molecule has 0 saturated carbocycles. The van der Waals surface area contributed by atoms with E-state index >= 15 is 0 Å². The minimum absolute atomic E-state index is 0.123. The molecule has 9 nitrogen and oxygen atoms in total. The number of furan rings is 1. The van der Waals surface area contributed by atoms with Gasteiger partial charge in [-0.25, -0.2) is 4.79 Å². The van der Waals surface area contributed by atoms with Gasteiger partial charge in [0.1, 0.15) is 11.5 Å². The maximum atomic E-state index is 12.5. The standard InChI is InChI=1S/C17H18N2O7/c1-10-3-4-15(26-10)14(5-6-25-2)18-16(20)11-7-12(17(21)22)9-13(8-11)19(23)24/h3-4,7-9,14H,5-6H2,1-2H3,(H,18,20)(H,21,22). The third-order valence-electron chi connectivity index (χ3n) is 3.66. The Balaban J connectivity index is 2.30. The highest BCUT2D eigenvalue weighted by Gasteiger charge is 2.22. The van der Waals surface area contributed by atoms with Crippen molar-refractivity contribution >= 4 is 17.6 Å². The zero-order valence-electron chi connectivity index (χ0n) is 14.2. The Kier molecular flexibility index (Phi) is 6.07. The first-order valence-electron chi connectivity index (χ1n) is 7.70. The molecular formula is C17H18N2O7. The number of hydrogen-bond acceptors (Lipinski definition) is 6. The molecule has 0 aliphatic heterocycles. The number of methoxy groups -OCH3 is 1. The Morgan fingerprint density at radius 1 is 1.31 bits per heavy atom. The first kappa shape index (κ1) is 19.1. The van der Waals surface area contributed by atoms with Gasteiger partial charge in [-0.2, -0.15) is 0 Å². The Hall–Kier alpha value is -3.20. The fraction of sp³-hybridized carbons (Fsp3) is 0.294. The van der Waals surface area contributed by atoms with Gasteiger partial charge >= 0.3 is 5.97 Å². The minimum Gasteiger partial charge on any atom is -0.478 e. The number of rotatable bonds is 8. The minimum atomic E-state index is -1.36. The average Bonchev–Trinajstić information content (AvgIpc) is 3.04. The quantitative estimate of drug-likeness (QED) is 0.545. The number of carboxylic acid groups (broad SMARTS) is 1. The van der Waals surface area contributed by atoms with Gasteiger partial charge < -0.3 is 19.6 Å². The Labute approximate surface area is 148 Å². The number of non-ortho nitro benzene ring substituents is 1. The summed E-state index contributed by atoms with van der Waals surface area (Å²) >= 11 is 0. The van der Waals surface area contributed by atoms with Gasteiger partial charge in [-0.15, -0.1) is 0 Å². The zero-order chi connectivity index (χ0) is 19.3. The number of nitrogens with one attached hydrogen (secondary N) is 1. The zero-order valence-corrected chi connectivity index (χ0v) is 14.2. The van der Waals surface area contributed by atoms with Crippen LogP contribution in [0.15, 0.2) is 34.7 Å². The number of nitro benzene ring substituents is 1. The van der Waals surface area contributed by atoms with Gasteiger partial charge in [-0.1, -0.05) is 0 Å². The van der Waals surface area contributed by atoms with E-state index < -0.39 is 28.5 Å². The highest BCUT2D eigenvalue weighted by molar-refractivity contribution is 5.98. The summed E-state index contributed by atoms with van der Waals surface area (Å²) in [5.41, 5.74) is -0.939. The second-order valence-electron chi connectivity index (χ2n) is 5.59. The molecule has 0 saturated heterocycles. The largest absolute Gasteiger partial charge is 0.478 e. The fourth-order valence-electron chi connectivity index (χ4n) is 2.37. The summed E-state index contributed by atoms with van der Waals surface area (Å²) in [6.07, 6.45) is 0.413. The molecule has 2 rings (SSSR count). The van der Waals surface area contributed by atoms with Crippen LogP contribution in [0.1, 0.15) is 44.7 Å². The molecule has 26 heavy (non-hydrogen) atoms. The van der Waals surface area contributed by atoms with Gasteiger partial charge in [-0.3, -0.25) is 14.9 Å². The highest BCUT2D eigenvalue weighted by Crippen LogP contribution is 2.22. The van der Waals surface area contributed by atoms with E-state index in [-0.39, 0.29) is 11.1 Å². The summed E-state index contributed by atoms with van der Waals surface area (Å²) in [4.78, 5) is 33.9. The van der Waals surface area contributed by atoms with Gasteiger partial charge in [0.15, 0.2) is 0 Å². The molecule has 0 radical (unpaired) electrons. The molecule has 1 aromatic carbocycles. The number of aryl methyl sites for hydroxylation is 1. The van der Waals surface area contributed by atoms with Crippen molar-refractivity contribution in [3.8, 4) is 0 Å². The van der Waals surface area contributed by atoms with Crippen molar-refractivity contribution in [2.24, 2.45) is 0 Å². The van der Waals surface area contributed by atoms with Crippen molar-refractivity contribution in [1.82, 2.24) is 5.32 Å². The molecule has 0 aliphatic rings. The van der Waals surface area contributed by atoms with E-state index in [2.05, 4.69) is 5.32 Å². The number of benzene rings is 1. The van der Waals surface area contributed by atoms with Crippen LogP contribution in [0.4, 0.5) is 5.69 Å². The summed E-state index contributed by atoms with van der Waals surface area (Å²) in [7, 11) is 1.52. The Morgan fingerprint density at radius 3 is 2.54 bits per heavy atom. The summed E-state index contributed by atoms with van der Waals surface area (Å²) in [6.45, 7) is 2.11. The lowest BCUT2D eigenvalue weighted by atomic mass is 10.1. The normalized spacial score (nSPS) is 11.8. The second kappa shape index (κ2) is 8.26. The molecule has 0 spiro atoms. The van der Waals surface area contributed by atoms with E-state index in [1.165, 1.54) is 7.11 Å². The lowest BCUT2D eigenvalue weighted by molar-refractivity contribution is -0.384. The van der Waals surface area contributed by atoms with Crippen molar-refractivity contribution in [1.29, 1.82) is 0 Å². The number of nitrogens with zero attached hydrogens (tertiary/aromatic N) is 1. The third kappa shape index (κ3) is 4.67. The van der Waals surface area contributed by atoms with Gasteiger partial charge in [-0.05, 0) is 31.5 Å². The SMILES string of the molecule is COCCC(NC(=O)c1cc(C(=O)O)cc([N+](=O)[O-])c1)c1ccc(C)o1. The van der Waals surface area contributed by atoms with Crippen molar-refractivity contribution in [2.45, 2.75) is 19.4 Å². The second-order valence-corrected chi connectivity index (χ2v) is 5.59. The van der Waals surface area contributed by atoms with Crippen molar-refractivity contribution < 1.29 is 28.8 Å². The van der Waals surface area contributed by atoms with Crippen LogP contribution >= 0.6 is 0 Å². The first-order chi connectivity index (χ1) is 12.3. The van der Waals surface area contributed by atoms with Gasteiger partial charge in [0.2, 0.25) is 0 Å². The molecule has 0 bridgehead atoms. The molecule has 1 atom stereocenters. The van der Waals surface area contributed by atoms with E-state index in [1.807, 2.05) is 0 Å². The Morgan fingerprint density at radius 2 is 2.00 bits per heavy atom. The van der Waals surface area contributed by atoms with Crippen LogP contribution in [0.2, 0.25) is 0 Å². The number of amides is 1. The van der Waals surface area contributed by atoms with Crippen LogP contribution in [0.3, 0.4) is 0 Å². The van der Waals surface area contributed by atoms with E-state index in [4.69, 9.17) is 14.3 Å². The Bertz CT molecular complexity index is 796. The average molecular weight is 362 g/mol. The number of nitro groups is 1. The topological polar surface area (TPSA) is 132 Å². The summed E-state index contributed by atoms with van der Waals surface area (Å²) in [6, 6.07) is 5.96. The van der Waals surface area contributed by atoms with E-state index in [9.17, 15) is 19.7 Å². The number of carboxylic acids is 1. The molecular weight excluding hydrogens is 344 g/mol. The molecule has 9 heteroatoms. The molecule has 2 N–H and O–H groups in total. The van der Waals surface area contributed by atoms with Gasteiger partial charge in [0.05, 0.1) is 16.5 Å². The molecule has 2 aromatic rings. The monoisotopic (exact) mass is 362 g/mol. The van der Waals surface area contributed by atoms with E-state index in [0.717, 1.165) is 18.2 Å². The predicted molar refractivity (Wildman–Crippen MR) is 90.2 cm³/mol. The molecule has 138 valence electrons. The van der Waals surface area contributed by atoms with Crippen molar-refractivity contribution in [3.63, 3.8) is 0 Å². The van der Waals surface area contributed by atoms with Gasteiger partial charge in [0, 0.05) is 31.4 Å². The van der Waals surface area contributed by atoms with Crippen LogP contribution in [-0.4, -0.2) is 35.6 Å². The fourth-order valence-corrected chi connectivity index (χ4v) is 2.37. The molecule has 0 fully saturated rings. The summed E-state index contributed by atoms with van der Waals surface area (Å²) < 4.78 is 10.6. The maximum absolute atomic E-state index is 12.5. The summed E-state index contributed by atoms with van der Waals surface area (Å²) in [5.74, 6) is -0.830. The predicted octanol–water partition coefficient (Wildman–Crippen LogP) is 2.70. The van der Waals surface area contributed by atoms with E-state index in [0.29, 0.717) is 24.5 Å². The van der Waals surface area contributed by atoms with Crippen LogP contribution < -0.4 is 5.32 Å². The molecule has 0 aliphatic carbocycles. The molecule has 1 heterocycles. The highest BCUT2D eigenvalue weighted by atomic mass is 16.6. The number of carbonyl (C=O) groups excluding carboxylic acids is 1. The number of hydrogen-bond donors (Lipinski definition) is 2. The van der Waals surface area contributed by atoms with E-state index in [1.54, 1.807) is 19.1 Å². The number of ether oxygens (including phenoxy) is 1. The van der Waals surface area contributed by atoms with Crippen LogP contribution in [-0.2, 0) is 4.74 Å². The maximum Gasteiger partial charge on any atom is 0.335 e. The number of carbonyl (C=O) groups is 2. The summed E-state index contributed by atoms with van der Waals surface area (Å²) in [5, 5.41) is 22.8. The lowest BCUT2D eigenvalue weighted by Gasteiger charge is -2.16.